The van der Waals surface area contributed by atoms with Gasteiger partial charge in [-0.3, -0.25) is 4.79 Å². The number of hydrogen-bond donors (Lipinski definition) is 7. The molecule has 1 aliphatic heterocycles. The van der Waals surface area contributed by atoms with Gasteiger partial charge < -0.3 is 54.4 Å². The quantitative estimate of drug-likeness (QED) is 0.120. The summed E-state index contributed by atoms with van der Waals surface area (Å²) in [6, 6.07) is 13.7. The molecule has 1 aromatic heterocycles. The molecule has 224 valence electrons. The van der Waals surface area contributed by atoms with Crippen LogP contribution in [0.2, 0.25) is 0 Å². The number of ether oxygens (including phenoxy) is 3. The fourth-order valence-electron chi connectivity index (χ4n) is 4.47. The second kappa shape index (κ2) is 12.0. The molecule has 1 fully saturated rings. The van der Waals surface area contributed by atoms with Crippen molar-refractivity contribution in [3.8, 4) is 40.1 Å². The molecule has 0 bridgehead atoms. The molecule has 4 aromatic rings. The van der Waals surface area contributed by atoms with Gasteiger partial charge in [0.25, 0.3) is 0 Å². The van der Waals surface area contributed by atoms with Crippen LogP contribution in [0.5, 0.6) is 28.7 Å². The minimum absolute atomic E-state index is 0.00711. The number of esters is 1. The van der Waals surface area contributed by atoms with Crippen LogP contribution in [0.15, 0.2) is 76.0 Å². The van der Waals surface area contributed by atoms with Gasteiger partial charge in [-0.1, -0.05) is 12.1 Å². The molecule has 43 heavy (non-hydrogen) atoms. The van der Waals surface area contributed by atoms with E-state index in [1.165, 1.54) is 54.6 Å². The van der Waals surface area contributed by atoms with Gasteiger partial charge in [0.2, 0.25) is 12.0 Å². The summed E-state index contributed by atoms with van der Waals surface area (Å²) in [5, 5.41) is 70.9. The highest BCUT2D eigenvalue weighted by Gasteiger charge is 2.48. The molecule has 2 heterocycles. The van der Waals surface area contributed by atoms with E-state index >= 15 is 0 Å². The van der Waals surface area contributed by atoms with Gasteiger partial charge in [-0.05, 0) is 48.0 Å². The Labute approximate surface area is 242 Å². The minimum atomic E-state index is -1.84. The lowest BCUT2D eigenvalue weighted by atomic mass is 9.99. The van der Waals surface area contributed by atoms with E-state index in [4.69, 9.17) is 18.6 Å². The number of aromatic hydroxyl groups is 4. The van der Waals surface area contributed by atoms with Crippen molar-refractivity contribution in [2.45, 2.75) is 30.7 Å². The van der Waals surface area contributed by atoms with Crippen LogP contribution >= 0.6 is 0 Å². The number of phenols is 4. The molecule has 5 rings (SSSR count). The van der Waals surface area contributed by atoms with Gasteiger partial charge in [-0.15, -0.1) is 0 Å². The van der Waals surface area contributed by atoms with E-state index < -0.39 is 66.0 Å². The number of carbonyl (C=O) groups is 1. The summed E-state index contributed by atoms with van der Waals surface area (Å²) in [4.78, 5) is 25.6. The molecular weight excluding hydrogens is 568 g/mol. The van der Waals surface area contributed by atoms with Crippen LogP contribution in [0.1, 0.15) is 5.56 Å². The van der Waals surface area contributed by atoms with Crippen molar-refractivity contribution in [1.82, 2.24) is 0 Å². The standard InChI is InChI=1S/C30H26O13/c31-13-22-25(37)27(39)29(42-23(36)10-3-14-1-6-16(32)7-2-14)30(41-22)43-28-19(35)12-21-24(26(28)38)18(34)11-20(40-21)15-4-8-17(33)9-5-15/h1-12,22,25,27,29-33,35,37-39H,13H2. The maximum absolute atomic E-state index is 13.0. The molecule has 0 aliphatic carbocycles. The fourth-order valence-corrected chi connectivity index (χ4v) is 4.47. The van der Waals surface area contributed by atoms with Gasteiger partial charge in [0.05, 0.1) is 6.61 Å². The smallest absolute Gasteiger partial charge is 0.331 e. The number of benzene rings is 3. The molecule has 13 nitrogen and oxygen atoms in total. The van der Waals surface area contributed by atoms with E-state index in [2.05, 4.69) is 0 Å². The van der Waals surface area contributed by atoms with Crippen LogP contribution in [0, 0.1) is 0 Å². The predicted octanol–water partition coefficient (Wildman–Crippen LogP) is 1.73. The highest BCUT2D eigenvalue weighted by molar-refractivity contribution is 5.89. The maximum atomic E-state index is 13.0. The summed E-state index contributed by atoms with van der Waals surface area (Å²) in [5.41, 5.74) is 0.0241. The molecule has 5 unspecified atom stereocenters. The van der Waals surface area contributed by atoms with Gasteiger partial charge in [0.15, 0.2) is 23.0 Å². The van der Waals surface area contributed by atoms with E-state index in [0.717, 1.165) is 18.2 Å². The van der Waals surface area contributed by atoms with Crippen molar-refractivity contribution >= 4 is 23.0 Å². The first kappa shape index (κ1) is 29.4. The highest BCUT2D eigenvalue weighted by Crippen LogP contribution is 2.43. The van der Waals surface area contributed by atoms with Crippen LogP contribution in [0.4, 0.5) is 0 Å². The molecule has 7 N–H and O–H groups in total. The van der Waals surface area contributed by atoms with E-state index in [9.17, 15) is 45.3 Å². The minimum Gasteiger partial charge on any atom is -0.508 e. The first-order valence-electron chi connectivity index (χ1n) is 12.8. The van der Waals surface area contributed by atoms with Crippen LogP contribution < -0.4 is 10.2 Å². The van der Waals surface area contributed by atoms with Gasteiger partial charge >= 0.3 is 5.97 Å². The molecule has 1 saturated heterocycles. The van der Waals surface area contributed by atoms with Crippen LogP contribution in [0.25, 0.3) is 28.4 Å². The van der Waals surface area contributed by atoms with Crippen molar-refractivity contribution in [3.63, 3.8) is 0 Å². The highest BCUT2D eigenvalue weighted by atomic mass is 16.7. The van der Waals surface area contributed by atoms with Crippen molar-refractivity contribution < 1.29 is 59.2 Å². The van der Waals surface area contributed by atoms with Crippen LogP contribution in [0.3, 0.4) is 0 Å². The molecule has 0 saturated carbocycles. The summed E-state index contributed by atoms with van der Waals surface area (Å²) < 4.78 is 22.1. The average molecular weight is 595 g/mol. The summed E-state index contributed by atoms with van der Waals surface area (Å²) in [6.07, 6.45) is -6.14. The number of fused-ring (bicyclic) bond motifs is 1. The molecule has 13 heteroatoms. The summed E-state index contributed by atoms with van der Waals surface area (Å²) in [5.74, 6) is -3.18. The van der Waals surface area contributed by atoms with Crippen molar-refractivity contribution in [2.75, 3.05) is 6.61 Å². The lowest BCUT2D eigenvalue weighted by Gasteiger charge is -2.41. The van der Waals surface area contributed by atoms with Crippen LogP contribution in [-0.2, 0) is 14.3 Å². The Kier molecular flexibility index (Phi) is 8.23. The number of phenolic OH excluding ortho intramolecular Hbond substituents is 4. The summed E-state index contributed by atoms with van der Waals surface area (Å²) in [6.45, 7) is -0.779. The van der Waals surface area contributed by atoms with E-state index in [1.807, 2.05) is 0 Å². The number of hydrogen-bond acceptors (Lipinski definition) is 13. The molecule has 0 amide bonds. The van der Waals surface area contributed by atoms with Crippen molar-refractivity contribution in [2.24, 2.45) is 0 Å². The first-order chi connectivity index (χ1) is 20.5. The van der Waals surface area contributed by atoms with Gasteiger partial charge in [-0.25, -0.2) is 4.79 Å². The first-order valence-corrected chi connectivity index (χ1v) is 12.8. The number of aliphatic hydroxyl groups excluding tert-OH is 3. The fraction of sp³-hybridized carbons (Fsp3) is 0.200. The second-order valence-electron chi connectivity index (χ2n) is 9.62. The third-order valence-electron chi connectivity index (χ3n) is 6.69. The SMILES string of the molecule is O=C(C=Cc1ccc(O)cc1)OC1C(Oc2c(O)cc3oc(-c4ccc(O)cc4)cc(=O)c3c2O)OC(CO)C(O)C1O. The third-order valence-corrected chi connectivity index (χ3v) is 6.69. The average Bonchev–Trinajstić information content (AvgIpc) is 2.98. The zero-order valence-electron chi connectivity index (χ0n) is 22.1. The number of carbonyl (C=O) groups excluding carboxylic acids is 1. The third kappa shape index (κ3) is 6.10. The van der Waals surface area contributed by atoms with Crippen molar-refractivity contribution in [3.05, 3.63) is 82.5 Å². The Morgan fingerprint density at radius 1 is 0.907 bits per heavy atom. The van der Waals surface area contributed by atoms with E-state index in [-0.39, 0.29) is 28.2 Å². The Bertz CT molecular complexity index is 1710. The molecule has 0 spiro atoms. The Morgan fingerprint density at radius 2 is 1.56 bits per heavy atom. The lowest BCUT2D eigenvalue weighted by Crippen LogP contribution is -2.61. The number of rotatable bonds is 7. The lowest BCUT2D eigenvalue weighted by molar-refractivity contribution is -0.281. The summed E-state index contributed by atoms with van der Waals surface area (Å²) in [7, 11) is 0. The molecule has 0 radical (unpaired) electrons. The Balaban J connectivity index is 1.45. The second-order valence-corrected chi connectivity index (χ2v) is 9.62. The normalized spacial score (nSPS) is 22.1. The van der Waals surface area contributed by atoms with E-state index in [1.54, 1.807) is 0 Å². The molecule has 3 aromatic carbocycles. The molecular formula is C30H26O13. The monoisotopic (exact) mass is 594 g/mol. The van der Waals surface area contributed by atoms with Gasteiger partial charge in [-0.2, -0.15) is 0 Å². The van der Waals surface area contributed by atoms with Crippen LogP contribution in [-0.4, -0.2) is 79.0 Å². The predicted molar refractivity (Wildman–Crippen MR) is 148 cm³/mol. The van der Waals surface area contributed by atoms with Gasteiger partial charge in [0, 0.05) is 23.8 Å². The number of aliphatic hydroxyl groups is 3. The Morgan fingerprint density at radius 3 is 2.21 bits per heavy atom. The topological polar surface area (TPSA) is 217 Å². The maximum Gasteiger partial charge on any atom is 0.331 e. The Hall–Kier alpha value is -5.08. The zero-order chi connectivity index (χ0) is 30.8. The van der Waals surface area contributed by atoms with Gasteiger partial charge in [0.1, 0.15) is 46.5 Å². The van der Waals surface area contributed by atoms with E-state index in [0.29, 0.717) is 11.1 Å². The molecule has 5 atom stereocenters. The largest absolute Gasteiger partial charge is 0.508 e. The molecule has 1 aliphatic rings. The zero-order valence-corrected chi connectivity index (χ0v) is 22.1. The van der Waals surface area contributed by atoms with Crippen molar-refractivity contribution in [1.29, 1.82) is 0 Å². The summed E-state index contributed by atoms with van der Waals surface area (Å²) >= 11 is 0.